The summed E-state index contributed by atoms with van der Waals surface area (Å²) in [5.74, 6) is 1.15. The molecule has 0 bridgehead atoms. The van der Waals surface area contributed by atoms with Crippen molar-refractivity contribution in [3.8, 4) is 5.75 Å². The van der Waals surface area contributed by atoms with E-state index in [4.69, 9.17) is 4.74 Å². The van der Waals surface area contributed by atoms with E-state index in [0.29, 0.717) is 18.5 Å². The third-order valence-corrected chi connectivity index (χ3v) is 5.65. The lowest BCUT2D eigenvalue weighted by Crippen LogP contribution is -2.33. The molecule has 1 N–H and O–H groups in total. The molecule has 0 saturated heterocycles. The van der Waals surface area contributed by atoms with Crippen LogP contribution in [0, 0.1) is 6.92 Å². The van der Waals surface area contributed by atoms with Crippen molar-refractivity contribution in [2.24, 2.45) is 0 Å². The number of carbonyl (C=O) groups is 1. The molecule has 4 heteroatoms. The van der Waals surface area contributed by atoms with Gasteiger partial charge in [0.25, 0.3) is 5.91 Å². The first-order chi connectivity index (χ1) is 13.4. The van der Waals surface area contributed by atoms with E-state index in [0.717, 1.165) is 41.8 Å². The monoisotopic (exact) mass is 380 g/mol. The van der Waals surface area contributed by atoms with Crippen molar-refractivity contribution in [2.45, 2.75) is 52.5 Å². The maximum Gasteiger partial charge on any atom is 0.251 e. The standard InChI is InChI=1S/C24H32N2O2/c1-16(2)20-15-21(17(3)13-23(20)28-5)24(27)25-11-8-12-26-18(4)14-19-9-6-7-10-22(19)26/h6-7,9-10,13,15-16,18H,8,11-12,14H2,1-5H3,(H,25,27)/t18-/m0/s1. The summed E-state index contributed by atoms with van der Waals surface area (Å²) in [4.78, 5) is 15.2. The predicted octanol–water partition coefficient (Wildman–Crippen LogP) is 4.70. The van der Waals surface area contributed by atoms with Crippen LogP contribution in [0.3, 0.4) is 0 Å². The summed E-state index contributed by atoms with van der Waals surface area (Å²) in [6.07, 6.45) is 2.03. The van der Waals surface area contributed by atoms with E-state index >= 15 is 0 Å². The zero-order valence-electron chi connectivity index (χ0n) is 17.7. The number of ether oxygens (including phenoxy) is 1. The molecule has 0 radical (unpaired) electrons. The number of amides is 1. The first kappa shape index (κ1) is 20.2. The summed E-state index contributed by atoms with van der Waals surface area (Å²) in [7, 11) is 1.68. The van der Waals surface area contributed by atoms with E-state index < -0.39 is 0 Å². The molecule has 1 amide bonds. The Hall–Kier alpha value is -2.49. The number of hydrogen-bond donors (Lipinski definition) is 1. The van der Waals surface area contributed by atoms with Crippen LogP contribution in [-0.2, 0) is 6.42 Å². The van der Waals surface area contributed by atoms with Crippen LogP contribution >= 0.6 is 0 Å². The van der Waals surface area contributed by atoms with E-state index in [-0.39, 0.29) is 5.91 Å². The smallest absolute Gasteiger partial charge is 0.251 e. The van der Waals surface area contributed by atoms with Gasteiger partial charge in [0.05, 0.1) is 7.11 Å². The molecule has 28 heavy (non-hydrogen) atoms. The van der Waals surface area contributed by atoms with Crippen molar-refractivity contribution in [3.05, 3.63) is 58.7 Å². The van der Waals surface area contributed by atoms with Gasteiger partial charge in [-0.05, 0) is 67.5 Å². The summed E-state index contributed by atoms with van der Waals surface area (Å²) in [6.45, 7) is 10.1. The molecule has 1 aliphatic rings. The average molecular weight is 381 g/mol. The highest BCUT2D eigenvalue weighted by molar-refractivity contribution is 5.96. The zero-order valence-corrected chi connectivity index (χ0v) is 17.7. The number of nitrogens with one attached hydrogen (secondary N) is 1. The van der Waals surface area contributed by atoms with Crippen LogP contribution in [0.2, 0.25) is 0 Å². The van der Waals surface area contributed by atoms with Crippen molar-refractivity contribution in [3.63, 3.8) is 0 Å². The van der Waals surface area contributed by atoms with E-state index in [1.807, 2.05) is 19.1 Å². The molecule has 2 aromatic rings. The van der Waals surface area contributed by atoms with Crippen LogP contribution in [0.25, 0.3) is 0 Å². The Balaban J connectivity index is 1.59. The Kier molecular flexibility index (Phi) is 6.28. The van der Waals surface area contributed by atoms with Gasteiger partial charge in [-0.25, -0.2) is 0 Å². The van der Waals surface area contributed by atoms with Crippen LogP contribution in [0.5, 0.6) is 5.75 Å². The highest BCUT2D eigenvalue weighted by Gasteiger charge is 2.24. The molecule has 1 aliphatic heterocycles. The minimum atomic E-state index is -0.00285. The molecule has 2 aromatic carbocycles. The number of nitrogens with zero attached hydrogens (tertiary/aromatic N) is 1. The number of anilines is 1. The third kappa shape index (κ3) is 4.16. The number of para-hydroxylation sites is 1. The lowest BCUT2D eigenvalue weighted by atomic mass is 9.96. The molecule has 3 rings (SSSR count). The fraction of sp³-hybridized carbons (Fsp3) is 0.458. The van der Waals surface area contributed by atoms with Gasteiger partial charge in [0.15, 0.2) is 0 Å². The first-order valence-corrected chi connectivity index (χ1v) is 10.2. The topological polar surface area (TPSA) is 41.6 Å². The van der Waals surface area contributed by atoms with Crippen LogP contribution in [-0.4, -0.2) is 32.1 Å². The van der Waals surface area contributed by atoms with Gasteiger partial charge in [-0.1, -0.05) is 32.0 Å². The summed E-state index contributed by atoms with van der Waals surface area (Å²) in [5.41, 5.74) is 5.52. The summed E-state index contributed by atoms with van der Waals surface area (Å²) in [5, 5.41) is 3.10. The van der Waals surface area contributed by atoms with E-state index in [1.165, 1.54) is 11.3 Å². The quantitative estimate of drug-likeness (QED) is 0.708. The molecule has 1 atom stereocenters. The highest BCUT2D eigenvalue weighted by atomic mass is 16.5. The SMILES string of the molecule is COc1cc(C)c(C(=O)NCCCN2c3ccccc3C[C@@H]2C)cc1C(C)C. The number of rotatable bonds is 7. The lowest BCUT2D eigenvalue weighted by Gasteiger charge is -2.25. The normalized spacial score (nSPS) is 15.6. The minimum Gasteiger partial charge on any atom is -0.496 e. The molecule has 0 aliphatic carbocycles. The summed E-state index contributed by atoms with van der Waals surface area (Å²) >= 11 is 0. The van der Waals surface area contributed by atoms with Gasteiger partial charge in [0.1, 0.15) is 5.75 Å². The average Bonchev–Trinajstić information content (AvgIpc) is 2.99. The first-order valence-electron chi connectivity index (χ1n) is 10.2. The minimum absolute atomic E-state index is 0.00285. The fourth-order valence-corrected chi connectivity index (χ4v) is 4.09. The van der Waals surface area contributed by atoms with Gasteiger partial charge in [-0.2, -0.15) is 0 Å². The molecule has 0 saturated carbocycles. The van der Waals surface area contributed by atoms with Crippen LogP contribution in [0.4, 0.5) is 5.69 Å². The molecule has 1 heterocycles. The van der Waals surface area contributed by atoms with Crippen molar-refractivity contribution >= 4 is 11.6 Å². The van der Waals surface area contributed by atoms with Gasteiger partial charge in [0, 0.05) is 30.4 Å². The number of benzene rings is 2. The van der Waals surface area contributed by atoms with Crippen molar-refractivity contribution in [1.29, 1.82) is 0 Å². The Morgan fingerprint density at radius 3 is 2.75 bits per heavy atom. The molecule has 0 unspecified atom stereocenters. The molecule has 0 spiro atoms. The zero-order chi connectivity index (χ0) is 20.3. The molecule has 4 nitrogen and oxygen atoms in total. The molecular weight excluding hydrogens is 348 g/mol. The fourth-order valence-electron chi connectivity index (χ4n) is 4.09. The van der Waals surface area contributed by atoms with Gasteiger partial charge in [-0.15, -0.1) is 0 Å². The number of aryl methyl sites for hydroxylation is 1. The predicted molar refractivity (Wildman–Crippen MR) is 116 cm³/mol. The van der Waals surface area contributed by atoms with Crippen molar-refractivity contribution in [2.75, 3.05) is 25.1 Å². The van der Waals surface area contributed by atoms with Gasteiger partial charge < -0.3 is 15.0 Å². The Morgan fingerprint density at radius 1 is 1.29 bits per heavy atom. The molecule has 0 aromatic heterocycles. The van der Waals surface area contributed by atoms with E-state index in [1.54, 1.807) is 7.11 Å². The van der Waals surface area contributed by atoms with Gasteiger partial charge in [-0.3, -0.25) is 4.79 Å². The second-order valence-electron chi connectivity index (χ2n) is 8.05. The lowest BCUT2D eigenvalue weighted by molar-refractivity contribution is 0.0952. The number of fused-ring (bicyclic) bond motifs is 1. The summed E-state index contributed by atoms with van der Waals surface area (Å²) in [6, 6.07) is 13.1. The van der Waals surface area contributed by atoms with Crippen LogP contribution < -0.4 is 15.0 Å². The Morgan fingerprint density at radius 2 is 2.04 bits per heavy atom. The maximum absolute atomic E-state index is 12.7. The highest BCUT2D eigenvalue weighted by Crippen LogP contribution is 2.32. The molecular formula is C24H32N2O2. The third-order valence-electron chi connectivity index (χ3n) is 5.65. The van der Waals surface area contributed by atoms with Gasteiger partial charge in [0.2, 0.25) is 0 Å². The Bertz CT molecular complexity index is 844. The number of methoxy groups -OCH3 is 1. The van der Waals surface area contributed by atoms with E-state index in [2.05, 4.69) is 55.3 Å². The Labute approximate surface area is 168 Å². The van der Waals surface area contributed by atoms with Gasteiger partial charge >= 0.3 is 0 Å². The molecule has 0 fully saturated rings. The number of hydrogen-bond acceptors (Lipinski definition) is 3. The number of carbonyl (C=O) groups excluding carboxylic acids is 1. The van der Waals surface area contributed by atoms with Crippen molar-refractivity contribution in [1.82, 2.24) is 5.32 Å². The van der Waals surface area contributed by atoms with Crippen molar-refractivity contribution < 1.29 is 9.53 Å². The van der Waals surface area contributed by atoms with Crippen LogP contribution in [0.15, 0.2) is 36.4 Å². The van der Waals surface area contributed by atoms with Crippen LogP contribution in [0.1, 0.15) is 60.2 Å². The molecule has 150 valence electrons. The second-order valence-corrected chi connectivity index (χ2v) is 8.05. The second kappa shape index (κ2) is 8.68. The largest absolute Gasteiger partial charge is 0.496 e. The summed E-state index contributed by atoms with van der Waals surface area (Å²) < 4.78 is 5.48. The van der Waals surface area contributed by atoms with E-state index in [9.17, 15) is 4.79 Å². The maximum atomic E-state index is 12.7.